The summed E-state index contributed by atoms with van der Waals surface area (Å²) in [5.74, 6) is 0. The highest BCUT2D eigenvalue weighted by Crippen LogP contribution is 2.38. The van der Waals surface area contributed by atoms with Crippen LogP contribution in [0.3, 0.4) is 0 Å². The van der Waals surface area contributed by atoms with Gasteiger partial charge in [-0.25, -0.2) is 0 Å². The molecule has 1 aromatic carbocycles. The van der Waals surface area contributed by atoms with E-state index in [2.05, 4.69) is 32.9 Å². The largest absolute Gasteiger partial charge is 0.399 e. The molecule has 1 heteroatoms. The van der Waals surface area contributed by atoms with E-state index in [4.69, 9.17) is 5.73 Å². The molecule has 2 rings (SSSR count). The SMILES string of the molecule is Cc1cc2c(cc1N)C(C)(C)CCC2. The zero-order valence-electron chi connectivity index (χ0n) is 9.35. The number of rotatable bonds is 0. The van der Waals surface area contributed by atoms with Crippen LogP contribution in [0.25, 0.3) is 0 Å². The van der Waals surface area contributed by atoms with Gasteiger partial charge in [0, 0.05) is 5.69 Å². The Morgan fingerprint density at radius 3 is 2.71 bits per heavy atom. The lowest BCUT2D eigenvalue weighted by Crippen LogP contribution is -2.24. The van der Waals surface area contributed by atoms with Crippen LogP contribution in [-0.4, -0.2) is 0 Å². The van der Waals surface area contributed by atoms with Gasteiger partial charge < -0.3 is 5.73 Å². The molecule has 76 valence electrons. The Kier molecular flexibility index (Phi) is 2.06. The van der Waals surface area contributed by atoms with Crippen molar-refractivity contribution in [3.63, 3.8) is 0 Å². The van der Waals surface area contributed by atoms with Crippen LogP contribution in [0.1, 0.15) is 43.4 Å². The molecule has 0 amide bonds. The van der Waals surface area contributed by atoms with Gasteiger partial charge in [-0.05, 0) is 54.4 Å². The van der Waals surface area contributed by atoms with Crippen LogP contribution in [0.4, 0.5) is 5.69 Å². The molecule has 0 saturated heterocycles. The highest BCUT2D eigenvalue weighted by Gasteiger charge is 2.27. The van der Waals surface area contributed by atoms with Gasteiger partial charge in [-0.1, -0.05) is 19.9 Å². The van der Waals surface area contributed by atoms with Gasteiger partial charge in [0.1, 0.15) is 0 Å². The van der Waals surface area contributed by atoms with E-state index in [9.17, 15) is 0 Å². The molecule has 0 saturated carbocycles. The second kappa shape index (κ2) is 3.01. The van der Waals surface area contributed by atoms with Gasteiger partial charge >= 0.3 is 0 Å². The van der Waals surface area contributed by atoms with Gasteiger partial charge in [-0.2, -0.15) is 0 Å². The van der Waals surface area contributed by atoms with Crippen molar-refractivity contribution < 1.29 is 0 Å². The average Bonchev–Trinajstić information content (AvgIpc) is 2.08. The molecule has 14 heavy (non-hydrogen) atoms. The second-order valence-corrected chi connectivity index (χ2v) is 5.10. The molecular weight excluding hydrogens is 170 g/mol. The Labute approximate surface area is 86.3 Å². The molecule has 2 N–H and O–H groups in total. The van der Waals surface area contributed by atoms with Gasteiger partial charge in [0.15, 0.2) is 0 Å². The average molecular weight is 189 g/mol. The molecule has 0 unspecified atom stereocenters. The van der Waals surface area contributed by atoms with Crippen LogP contribution >= 0.6 is 0 Å². The molecule has 0 radical (unpaired) electrons. The number of benzene rings is 1. The Morgan fingerprint density at radius 1 is 1.29 bits per heavy atom. The molecule has 0 fully saturated rings. The molecule has 0 heterocycles. The van der Waals surface area contributed by atoms with E-state index in [-0.39, 0.29) is 0 Å². The minimum atomic E-state index is 0.315. The van der Waals surface area contributed by atoms with Crippen LogP contribution in [0, 0.1) is 6.92 Å². The Balaban J connectivity index is 2.59. The van der Waals surface area contributed by atoms with E-state index in [1.807, 2.05) is 0 Å². The smallest absolute Gasteiger partial charge is 0.0346 e. The first-order valence-electron chi connectivity index (χ1n) is 5.40. The molecule has 0 aromatic heterocycles. The highest BCUT2D eigenvalue weighted by atomic mass is 14.6. The summed E-state index contributed by atoms with van der Waals surface area (Å²) in [6.07, 6.45) is 3.81. The van der Waals surface area contributed by atoms with Gasteiger partial charge in [0.05, 0.1) is 0 Å². The summed E-state index contributed by atoms with van der Waals surface area (Å²) in [4.78, 5) is 0. The number of hydrogen-bond donors (Lipinski definition) is 1. The maximum Gasteiger partial charge on any atom is 0.0346 e. The van der Waals surface area contributed by atoms with Crippen molar-refractivity contribution in [2.24, 2.45) is 0 Å². The van der Waals surface area contributed by atoms with E-state index in [1.54, 1.807) is 0 Å². The fourth-order valence-corrected chi connectivity index (χ4v) is 2.48. The fourth-order valence-electron chi connectivity index (χ4n) is 2.48. The summed E-state index contributed by atoms with van der Waals surface area (Å²) in [5, 5.41) is 0. The predicted octanol–water partition coefficient (Wildman–Crippen LogP) is 3.19. The summed E-state index contributed by atoms with van der Waals surface area (Å²) in [6.45, 7) is 6.73. The van der Waals surface area contributed by atoms with E-state index < -0.39 is 0 Å². The topological polar surface area (TPSA) is 26.0 Å². The lowest BCUT2D eigenvalue weighted by molar-refractivity contribution is 0.432. The lowest BCUT2D eigenvalue weighted by Gasteiger charge is -2.33. The van der Waals surface area contributed by atoms with Crippen molar-refractivity contribution in [2.45, 2.75) is 45.4 Å². The molecule has 0 aliphatic heterocycles. The monoisotopic (exact) mass is 189 g/mol. The van der Waals surface area contributed by atoms with E-state index >= 15 is 0 Å². The zero-order chi connectivity index (χ0) is 10.3. The standard InChI is InChI=1S/C13H19N/c1-9-7-10-5-4-6-13(2,3)11(10)8-12(9)14/h7-8H,4-6,14H2,1-3H3. The van der Waals surface area contributed by atoms with Gasteiger partial charge in [0.2, 0.25) is 0 Å². The molecule has 1 aliphatic carbocycles. The molecule has 0 atom stereocenters. The van der Waals surface area contributed by atoms with Crippen molar-refractivity contribution in [1.82, 2.24) is 0 Å². The number of anilines is 1. The van der Waals surface area contributed by atoms with Crippen molar-refractivity contribution >= 4 is 5.69 Å². The summed E-state index contributed by atoms with van der Waals surface area (Å²) < 4.78 is 0. The second-order valence-electron chi connectivity index (χ2n) is 5.10. The van der Waals surface area contributed by atoms with E-state index in [0.29, 0.717) is 5.41 Å². The van der Waals surface area contributed by atoms with Crippen LogP contribution in [0.5, 0.6) is 0 Å². The van der Waals surface area contributed by atoms with Crippen LogP contribution in [-0.2, 0) is 11.8 Å². The normalized spacial score (nSPS) is 19.1. The number of nitrogens with two attached hydrogens (primary N) is 1. The third kappa shape index (κ3) is 1.41. The maximum absolute atomic E-state index is 5.97. The third-order valence-electron chi connectivity index (χ3n) is 3.47. The Morgan fingerprint density at radius 2 is 2.00 bits per heavy atom. The first kappa shape index (κ1) is 9.57. The van der Waals surface area contributed by atoms with Gasteiger partial charge in [-0.3, -0.25) is 0 Å². The first-order chi connectivity index (χ1) is 6.50. The zero-order valence-corrected chi connectivity index (χ0v) is 9.35. The first-order valence-corrected chi connectivity index (χ1v) is 5.40. The number of nitrogen functional groups attached to an aromatic ring is 1. The van der Waals surface area contributed by atoms with Crippen LogP contribution in [0.2, 0.25) is 0 Å². The number of aryl methyl sites for hydroxylation is 2. The van der Waals surface area contributed by atoms with E-state index in [0.717, 1.165) is 5.69 Å². The van der Waals surface area contributed by atoms with Crippen LogP contribution in [0.15, 0.2) is 12.1 Å². The summed E-state index contributed by atoms with van der Waals surface area (Å²) in [7, 11) is 0. The fraction of sp³-hybridized carbons (Fsp3) is 0.538. The third-order valence-corrected chi connectivity index (χ3v) is 3.47. The molecule has 1 aliphatic rings. The molecular formula is C13H19N. The van der Waals surface area contributed by atoms with Gasteiger partial charge in [-0.15, -0.1) is 0 Å². The Bertz CT molecular complexity index is 364. The summed E-state index contributed by atoms with van der Waals surface area (Å²) in [5.41, 5.74) is 11.4. The van der Waals surface area contributed by atoms with E-state index in [1.165, 1.54) is 36.0 Å². The number of hydrogen-bond acceptors (Lipinski definition) is 1. The molecule has 1 aromatic rings. The van der Waals surface area contributed by atoms with Crippen molar-refractivity contribution in [1.29, 1.82) is 0 Å². The highest BCUT2D eigenvalue weighted by molar-refractivity contribution is 5.54. The molecule has 1 nitrogen and oxygen atoms in total. The van der Waals surface area contributed by atoms with Crippen molar-refractivity contribution in [3.8, 4) is 0 Å². The summed E-state index contributed by atoms with van der Waals surface area (Å²) in [6, 6.07) is 4.45. The minimum absolute atomic E-state index is 0.315. The lowest BCUT2D eigenvalue weighted by atomic mass is 9.72. The predicted molar refractivity (Wildman–Crippen MR) is 61.6 cm³/mol. The van der Waals surface area contributed by atoms with Crippen molar-refractivity contribution in [2.75, 3.05) is 5.73 Å². The van der Waals surface area contributed by atoms with Crippen molar-refractivity contribution in [3.05, 3.63) is 28.8 Å². The van der Waals surface area contributed by atoms with Gasteiger partial charge in [0.25, 0.3) is 0 Å². The molecule has 0 bridgehead atoms. The molecule has 0 spiro atoms. The Hall–Kier alpha value is -0.980. The van der Waals surface area contributed by atoms with Crippen LogP contribution < -0.4 is 5.73 Å². The number of fused-ring (bicyclic) bond motifs is 1. The minimum Gasteiger partial charge on any atom is -0.399 e. The summed E-state index contributed by atoms with van der Waals surface area (Å²) >= 11 is 0. The maximum atomic E-state index is 5.97. The quantitative estimate of drug-likeness (QED) is 0.623.